The van der Waals surface area contributed by atoms with Crippen LogP contribution in [0.2, 0.25) is 0 Å². The molecule has 0 saturated heterocycles. The van der Waals surface area contributed by atoms with E-state index in [1.807, 2.05) is 0 Å². The summed E-state index contributed by atoms with van der Waals surface area (Å²) in [7, 11) is 0. The van der Waals surface area contributed by atoms with E-state index in [1.54, 1.807) is 0 Å². The summed E-state index contributed by atoms with van der Waals surface area (Å²) in [6.07, 6.45) is 40.1. The smallest absolute Gasteiger partial charge is 0.00989 e. The predicted molar refractivity (Wildman–Crippen MR) is 123 cm³/mol. The van der Waals surface area contributed by atoms with E-state index >= 15 is 0 Å². The van der Waals surface area contributed by atoms with Crippen LogP contribution in [0.5, 0.6) is 0 Å². The molecule has 2 radical (unpaired) electrons. The minimum absolute atomic E-state index is 0.859. The van der Waals surface area contributed by atoms with Crippen LogP contribution in [0.25, 0.3) is 0 Å². The fourth-order valence-corrected chi connectivity index (χ4v) is 3.93. The minimum Gasteiger partial charge on any atom is -0.0891 e. The molecular formula is C27H50. The molecule has 158 valence electrons. The van der Waals surface area contributed by atoms with Crippen molar-refractivity contribution in [2.24, 2.45) is 0 Å². The molecule has 0 heteroatoms. The van der Waals surface area contributed by atoms with Gasteiger partial charge in [0.1, 0.15) is 0 Å². The van der Waals surface area contributed by atoms with Gasteiger partial charge in [-0.2, -0.15) is 0 Å². The van der Waals surface area contributed by atoms with Crippen LogP contribution in [0.15, 0.2) is 0 Å². The van der Waals surface area contributed by atoms with Crippen LogP contribution in [0.4, 0.5) is 0 Å². The Morgan fingerprint density at radius 2 is 0.593 bits per heavy atom. The standard InChI is InChI=1S/C27H50/c1-3-5-7-9-11-13-15-17-19-21-23-25-27-26-24-22-20-18-16-14-12-10-8-6-4-2/h1,3,5-27H2. The zero-order valence-electron chi connectivity index (χ0n) is 18.7. The van der Waals surface area contributed by atoms with Gasteiger partial charge in [-0.1, -0.05) is 154 Å². The molecule has 0 aromatic heterocycles. The van der Waals surface area contributed by atoms with Crippen molar-refractivity contribution in [1.82, 2.24) is 0 Å². The molecule has 0 aliphatic heterocycles. The molecule has 0 heterocycles. The Kier molecular flexibility index (Phi) is 25.1. The van der Waals surface area contributed by atoms with Crippen LogP contribution >= 0.6 is 0 Å². The van der Waals surface area contributed by atoms with Crippen molar-refractivity contribution in [1.29, 1.82) is 0 Å². The molecule has 0 nitrogen and oxygen atoms in total. The van der Waals surface area contributed by atoms with Gasteiger partial charge in [-0.25, -0.2) is 0 Å². The molecule has 0 aliphatic rings. The normalized spacial score (nSPS) is 11.0. The van der Waals surface area contributed by atoms with Gasteiger partial charge in [0.25, 0.3) is 0 Å². The Hall–Kier alpha value is -0.440. The highest BCUT2D eigenvalue weighted by atomic mass is 14.0. The van der Waals surface area contributed by atoms with Crippen molar-refractivity contribution in [3.8, 4) is 5.92 Å². The first-order chi connectivity index (χ1) is 13.4. The van der Waals surface area contributed by atoms with E-state index in [1.165, 1.54) is 141 Å². The first-order valence-electron chi connectivity index (χ1n) is 12.6. The van der Waals surface area contributed by atoms with E-state index < -0.39 is 0 Å². The average Bonchev–Trinajstić information content (AvgIpc) is 2.68. The predicted octanol–water partition coefficient (Wildman–Crippen LogP) is 9.77. The number of unbranched alkanes of at least 4 members (excludes halogenated alkanes) is 23. The van der Waals surface area contributed by atoms with Crippen molar-refractivity contribution in [3.63, 3.8) is 0 Å². The first kappa shape index (κ1) is 26.6. The van der Waals surface area contributed by atoms with Gasteiger partial charge in [-0.3, -0.25) is 0 Å². The Labute approximate surface area is 173 Å². The Morgan fingerprint density at radius 3 is 0.815 bits per heavy atom. The molecule has 0 aromatic rings. The molecule has 0 bridgehead atoms. The van der Waals surface area contributed by atoms with Crippen LogP contribution in [0, 0.1) is 19.3 Å². The van der Waals surface area contributed by atoms with Gasteiger partial charge in [0, 0.05) is 6.42 Å². The van der Waals surface area contributed by atoms with Gasteiger partial charge in [0.05, 0.1) is 0 Å². The van der Waals surface area contributed by atoms with Gasteiger partial charge in [-0.15, -0.1) is 0 Å². The van der Waals surface area contributed by atoms with Crippen molar-refractivity contribution >= 4 is 0 Å². The van der Waals surface area contributed by atoms with Gasteiger partial charge in [-0.05, 0) is 12.8 Å². The van der Waals surface area contributed by atoms with E-state index in [9.17, 15) is 0 Å². The summed E-state index contributed by atoms with van der Waals surface area (Å²) in [4.78, 5) is 0. The zero-order valence-corrected chi connectivity index (χ0v) is 18.7. The number of rotatable bonds is 23. The van der Waals surface area contributed by atoms with Crippen molar-refractivity contribution in [2.75, 3.05) is 0 Å². The Morgan fingerprint density at radius 1 is 0.370 bits per heavy atom. The summed E-state index contributed by atoms with van der Waals surface area (Å²) in [5, 5.41) is 0. The molecule has 0 unspecified atom stereocenters. The summed E-state index contributed by atoms with van der Waals surface area (Å²) in [6, 6.07) is 0. The van der Waals surface area contributed by atoms with E-state index in [0.717, 1.165) is 12.8 Å². The highest BCUT2D eigenvalue weighted by molar-refractivity contribution is 4.74. The maximum absolute atomic E-state index is 6.88. The summed E-state index contributed by atoms with van der Waals surface area (Å²) in [6.45, 7) is 3.91. The lowest BCUT2D eigenvalue weighted by molar-refractivity contribution is 0.519. The lowest BCUT2D eigenvalue weighted by Crippen LogP contribution is -1.84. The van der Waals surface area contributed by atoms with Gasteiger partial charge >= 0.3 is 0 Å². The van der Waals surface area contributed by atoms with Crippen LogP contribution in [0.3, 0.4) is 0 Å². The lowest BCUT2D eigenvalue weighted by atomic mass is 10.0. The summed E-state index contributed by atoms with van der Waals surface area (Å²) < 4.78 is 0. The van der Waals surface area contributed by atoms with E-state index in [2.05, 4.69) is 12.8 Å². The highest BCUT2D eigenvalue weighted by Gasteiger charge is 1.95. The highest BCUT2D eigenvalue weighted by Crippen LogP contribution is 2.15. The van der Waals surface area contributed by atoms with E-state index in [0.29, 0.717) is 0 Å². The lowest BCUT2D eigenvalue weighted by Gasteiger charge is -2.04. The van der Waals surface area contributed by atoms with E-state index in [-0.39, 0.29) is 0 Å². The molecule has 27 heavy (non-hydrogen) atoms. The summed E-state index contributed by atoms with van der Waals surface area (Å²) >= 11 is 0. The maximum atomic E-state index is 6.88. The molecule has 0 aliphatic carbocycles. The third kappa shape index (κ3) is 25.6. The van der Waals surface area contributed by atoms with Crippen LogP contribution < -0.4 is 0 Å². The molecular weight excluding hydrogens is 324 g/mol. The quantitative estimate of drug-likeness (QED) is 0.123. The summed E-state index contributed by atoms with van der Waals surface area (Å²) in [5.74, 6) is 2.48. The van der Waals surface area contributed by atoms with Gasteiger partial charge in [0.2, 0.25) is 0 Å². The molecule has 0 rings (SSSR count). The maximum Gasteiger partial charge on any atom is 0.00989 e. The Balaban J connectivity index is 2.96. The average molecular weight is 375 g/mol. The fourth-order valence-electron chi connectivity index (χ4n) is 3.93. The van der Waals surface area contributed by atoms with Crippen LogP contribution in [-0.2, 0) is 0 Å². The van der Waals surface area contributed by atoms with Crippen LogP contribution in [0.1, 0.15) is 154 Å². The third-order valence-corrected chi connectivity index (χ3v) is 5.80. The molecule has 0 spiro atoms. The molecule has 0 fully saturated rings. The first-order valence-corrected chi connectivity index (χ1v) is 12.6. The molecule has 0 amide bonds. The third-order valence-electron chi connectivity index (χ3n) is 5.80. The summed E-state index contributed by atoms with van der Waals surface area (Å²) in [5.41, 5.74) is 0. The molecule has 0 aromatic carbocycles. The SMILES string of the molecule is [C]#CCCCCCCCCCCCCCCCCCCCCCCCC[CH2]. The number of hydrogen-bond acceptors (Lipinski definition) is 0. The molecule has 0 N–H and O–H groups in total. The van der Waals surface area contributed by atoms with Crippen molar-refractivity contribution in [3.05, 3.63) is 13.3 Å². The Bertz CT molecular complexity index is 285. The molecule has 0 saturated carbocycles. The second kappa shape index (κ2) is 25.6. The van der Waals surface area contributed by atoms with Gasteiger partial charge < -0.3 is 0 Å². The topological polar surface area (TPSA) is 0 Å². The second-order valence-corrected chi connectivity index (χ2v) is 8.56. The molecule has 0 atom stereocenters. The van der Waals surface area contributed by atoms with Gasteiger partial charge in [0.15, 0.2) is 0 Å². The zero-order chi connectivity index (χ0) is 19.7. The fraction of sp³-hybridized carbons (Fsp3) is 0.889. The number of hydrogen-bond donors (Lipinski definition) is 0. The largest absolute Gasteiger partial charge is 0.0891 e. The van der Waals surface area contributed by atoms with E-state index in [4.69, 9.17) is 6.42 Å². The minimum atomic E-state index is 0.859. The van der Waals surface area contributed by atoms with Crippen molar-refractivity contribution in [2.45, 2.75) is 154 Å². The monoisotopic (exact) mass is 374 g/mol. The van der Waals surface area contributed by atoms with Crippen LogP contribution in [-0.4, -0.2) is 0 Å². The van der Waals surface area contributed by atoms with Crippen molar-refractivity contribution < 1.29 is 0 Å². The second-order valence-electron chi connectivity index (χ2n) is 8.56.